The second kappa shape index (κ2) is 12.2. The molecule has 204 valence electrons. The van der Waals surface area contributed by atoms with E-state index in [9.17, 15) is 19.2 Å². The number of benzene rings is 1. The van der Waals surface area contributed by atoms with Gasteiger partial charge in [0.05, 0.1) is 7.11 Å². The molecule has 0 saturated carbocycles. The largest absolute Gasteiger partial charge is 0.493 e. The second-order valence-electron chi connectivity index (χ2n) is 8.97. The normalized spacial score (nSPS) is 26.8. The summed E-state index contributed by atoms with van der Waals surface area (Å²) in [7, 11) is 1.51. The molecule has 1 aromatic carbocycles. The molecular formula is C25H34N2O10. The minimum Gasteiger partial charge on any atom is -0.493 e. The Balaban J connectivity index is 2.04. The van der Waals surface area contributed by atoms with Gasteiger partial charge in [0, 0.05) is 33.7 Å². The lowest BCUT2D eigenvalue weighted by molar-refractivity contribution is -0.257. The molecule has 0 bridgehead atoms. The van der Waals surface area contributed by atoms with Gasteiger partial charge in [0.25, 0.3) is 0 Å². The van der Waals surface area contributed by atoms with Crippen LogP contribution in [0.4, 0.5) is 0 Å². The average molecular weight is 523 g/mol. The number of amides is 1. The predicted octanol–water partition coefficient (Wildman–Crippen LogP) is 0.937. The van der Waals surface area contributed by atoms with Crippen molar-refractivity contribution in [3.8, 4) is 11.5 Å². The lowest BCUT2D eigenvalue weighted by atomic mass is 9.94. The number of esters is 3. The summed E-state index contributed by atoms with van der Waals surface area (Å²) in [5.41, 5.74) is 2.12. The van der Waals surface area contributed by atoms with Crippen molar-refractivity contribution in [1.29, 1.82) is 0 Å². The maximum Gasteiger partial charge on any atom is 0.303 e. The number of methoxy groups -OCH3 is 1. The van der Waals surface area contributed by atoms with Gasteiger partial charge in [0.2, 0.25) is 12.2 Å². The van der Waals surface area contributed by atoms with E-state index in [2.05, 4.69) is 10.6 Å². The summed E-state index contributed by atoms with van der Waals surface area (Å²) >= 11 is 0. The molecule has 12 nitrogen and oxygen atoms in total. The number of hydrogen-bond acceptors (Lipinski definition) is 11. The van der Waals surface area contributed by atoms with Gasteiger partial charge in [0.1, 0.15) is 18.8 Å². The Morgan fingerprint density at radius 2 is 1.68 bits per heavy atom. The van der Waals surface area contributed by atoms with Crippen molar-refractivity contribution >= 4 is 23.8 Å². The average Bonchev–Trinajstić information content (AvgIpc) is 2.80. The van der Waals surface area contributed by atoms with E-state index >= 15 is 0 Å². The van der Waals surface area contributed by atoms with Crippen molar-refractivity contribution in [3.05, 3.63) is 23.3 Å². The zero-order chi connectivity index (χ0) is 27.3. The fraction of sp³-hybridized carbons (Fsp3) is 0.600. The van der Waals surface area contributed by atoms with Crippen molar-refractivity contribution in [2.75, 3.05) is 20.3 Å². The molecule has 1 fully saturated rings. The Hall–Kier alpha value is -3.38. The molecule has 3 rings (SSSR count). The Morgan fingerprint density at radius 1 is 1.00 bits per heavy atom. The highest BCUT2D eigenvalue weighted by Crippen LogP contribution is 2.38. The molecule has 2 heterocycles. The van der Waals surface area contributed by atoms with E-state index in [1.54, 1.807) is 0 Å². The first-order chi connectivity index (χ1) is 17.5. The van der Waals surface area contributed by atoms with Gasteiger partial charge in [-0.1, -0.05) is 0 Å². The van der Waals surface area contributed by atoms with Crippen LogP contribution in [0.5, 0.6) is 11.5 Å². The molecule has 1 saturated heterocycles. The molecule has 37 heavy (non-hydrogen) atoms. The molecule has 0 aromatic heterocycles. The van der Waals surface area contributed by atoms with Crippen LogP contribution in [-0.4, -0.2) is 74.7 Å². The van der Waals surface area contributed by atoms with Crippen LogP contribution >= 0.6 is 0 Å². The molecule has 2 aliphatic rings. The van der Waals surface area contributed by atoms with Crippen LogP contribution in [0.25, 0.3) is 0 Å². The van der Waals surface area contributed by atoms with Gasteiger partial charge < -0.3 is 39.1 Å². The summed E-state index contributed by atoms with van der Waals surface area (Å²) < 4.78 is 34.0. The molecule has 0 aliphatic carbocycles. The number of hydrogen-bond donors (Lipinski definition) is 2. The molecule has 2 aliphatic heterocycles. The summed E-state index contributed by atoms with van der Waals surface area (Å²) in [5, 5.41) is 6.08. The Labute approximate surface area is 215 Å². The maximum absolute atomic E-state index is 12.2. The van der Waals surface area contributed by atoms with E-state index in [1.807, 2.05) is 19.1 Å². The second-order valence-corrected chi connectivity index (χ2v) is 8.97. The summed E-state index contributed by atoms with van der Waals surface area (Å²) in [6.45, 7) is 7.39. The van der Waals surface area contributed by atoms with Crippen LogP contribution in [-0.2, 0) is 44.5 Å². The minimum absolute atomic E-state index is 0.0641. The molecule has 1 amide bonds. The van der Waals surface area contributed by atoms with Gasteiger partial charge >= 0.3 is 17.9 Å². The topological polar surface area (TPSA) is 148 Å². The maximum atomic E-state index is 12.2. The first-order valence-corrected chi connectivity index (χ1v) is 12.0. The van der Waals surface area contributed by atoms with Crippen LogP contribution < -0.4 is 20.1 Å². The molecule has 6 unspecified atom stereocenters. The van der Waals surface area contributed by atoms with Gasteiger partial charge in [-0.3, -0.25) is 19.2 Å². The van der Waals surface area contributed by atoms with Gasteiger partial charge in [0.15, 0.2) is 23.7 Å². The van der Waals surface area contributed by atoms with E-state index < -0.39 is 54.5 Å². The smallest absolute Gasteiger partial charge is 0.303 e. The summed E-state index contributed by atoms with van der Waals surface area (Å²) in [5.74, 6) is -1.65. The summed E-state index contributed by atoms with van der Waals surface area (Å²) in [4.78, 5) is 47.6. The van der Waals surface area contributed by atoms with Crippen molar-refractivity contribution in [3.63, 3.8) is 0 Å². The highest BCUT2D eigenvalue weighted by Gasteiger charge is 2.52. The third-order valence-corrected chi connectivity index (χ3v) is 6.05. The number of carbonyl (C=O) groups is 4. The highest BCUT2D eigenvalue weighted by molar-refractivity contribution is 5.73. The zero-order valence-electron chi connectivity index (χ0n) is 21.8. The van der Waals surface area contributed by atoms with Crippen LogP contribution in [0.3, 0.4) is 0 Å². The Morgan fingerprint density at radius 3 is 2.27 bits per heavy atom. The number of carbonyl (C=O) groups excluding carboxylic acids is 4. The highest BCUT2D eigenvalue weighted by atomic mass is 16.7. The first kappa shape index (κ1) is 28.2. The van der Waals surface area contributed by atoms with Gasteiger partial charge in [-0.25, -0.2) is 0 Å². The Kier molecular flexibility index (Phi) is 9.33. The predicted molar refractivity (Wildman–Crippen MR) is 128 cm³/mol. The number of ether oxygens (including phenoxy) is 6. The van der Waals surface area contributed by atoms with Crippen LogP contribution in [0.2, 0.25) is 0 Å². The van der Waals surface area contributed by atoms with Crippen LogP contribution in [0.15, 0.2) is 12.1 Å². The zero-order valence-corrected chi connectivity index (χ0v) is 21.8. The third kappa shape index (κ3) is 7.10. The van der Waals surface area contributed by atoms with Crippen LogP contribution in [0, 0.1) is 0 Å². The molecular weight excluding hydrogens is 488 g/mol. The van der Waals surface area contributed by atoms with E-state index in [4.69, 9.17) is 28.4 Å². The van der Waals surface area contributed by atoms with Crippen molar-refractivity contribution in [1.82, 2.24) is 10.6 Å². The molecule has 2 N–H and O–H groups in total. The van der Waals surface area contributed by atoms with Gasteiger partial charge in [-0.05, 0) is 43.1 Å². The molecule has 6 atom stereocenters. The SMILES string of the molecule is COc1cc2c(cc1OC1OC(COC(C)=O)C(OC(C)=O)C(OC(C)=O)C1NC(C)=O)C(C)NCC2. The molecule has 1 aromatic rings. The summed E-state index contributed by atoms with van der Waals surface area (Å²) in [6, 6.07) is 2.70. The third-order valence-electron chi connectivity index (χ3n) is 6.05. The van der Waals surface area contributed by atoms with Crippen molar-refractivity contribution in [2.24, 2.45) is 0 Å². The van der Waals surface area contributed by atoms with E-state index in [0.29, 0.717) is 11.5 Å². The van der Waals surface area contributed by atoms with Crippen LogP contribution in [0.1, 0.15) is 51.8 Å². The quantitative estimate of drug-likeness (QED) is 0.371. The standard InChI is InChI=1S/C25H34N2O10/c1-12-18-10-20(19(32-6)9-17(18)7-8-26-12)36-25-22(27-13(2)28)24(35-16(5)31)23(34-15(4)30)21(37-25)11-33-14(3)29/h9-10,12,21-26H,7-8,11H2,1-6H3,(H,27,28). The molecule has 12 heteroatoms. The molecule has 0 radical (unpaired) electrons. The van der Waals surface area contributed by atoms with Gasteiger partial charge in [-0.15, -0.1) is 0 Å². The van der Waals surface area contributed by atoms with E-state index in [-0.39, 0.29) is 12.6 Å². The fourth-order valence-corrected chi connectivity index (χ4v) is 4.54. The monoisotopic (exact) mass is 522 g/mol. The van der Waals surface area contributed by atoms with Gasteiger partial charge in [-0.2, -0.15) is 0 Å². The summed E-state index contributed by atoms with van der Waals surface area (Å²) in [6.07, 6.45) is -3.91. The van der Waals surface area contributed by atoms with E-state index in [0.717, 1.165) is 24.1 Å². The van der Waals surface area contributed by atoms with Crippen molar-refractivity contribution in [2.45, 2.75) is 77.7 Å². The fourth-order valence-electron chi connectivity index (χ4n) is 4.54. The Bertz CT molecular complexity index is 1030. The number of nitrogens with one attached hydrogen (secondary N) is 2. The number of fused-ring (bicyclic) bond motifs is 1. The number of rotatable bonds is 8. The van der Waals surface area contributed by atoms with Crippen molar-refractivity contribution < 1.29 is 47.6 Å². The molecule has 0 spiro atoms. The lowest BCUT2D eigenvalue weighted by Gasteiger charge is -2.45. The van der Waals surface area contributed by atoms with E-state index in [1.165, 1.54) is 34.8 Å². The minimum atomic E-state index is -1.24. The lowest BCUT2D eigenvalue weighted by Crippen LogP contribution is -2.67. The first-order valence-electron chi connectivity index (χ1n) is 12.0.